The van der Waals surface area contributed by atoms with Crippen LogP contribution in [0.1, 0.15) is 44.0 Å². The van der Waals surface area contributed by atoms with E-state index >= 15 is 0 Å². The van der Waals surface area contributed by atoms with Crippen molar-refractivity contribution < 1.29 is 0 Å². The summed E-state index contributed by atoms with van der Waals surface area (Å²) in [5, 5.41) is 0. The fourth-order valence-electron chi connectivity index (χ4n) is 3.05. The second-order valence-electron chi connectivity index (χ2n) is 6.18. The van der Waals surface area contributed by atoms with Gasteiger partial charge in [-0.15, -0.1) is 0 Å². The molecule has 0 saturated carbocycles. The Morgan fingerprint density at radius 3 is 2.75 bits per heavy atom. The van der Waals surface area contributed by atoms with E-state index in [9.17, 15) is 4.79 Å². The van der Waals surface area contributed by atoms with Gasteiger partial charge in [0.2, 0.25) is 0 Å². The predicted molar refractivity (Wildman–Crippen MR) is 82.7 cm³/mol. The van der Waals surface area contributed by atoms with Crippen molar-refractivity contribution >= 4 is 0 Å². The van der Waals surface area contributed by atoms with Crippen LogP contribution in [0.2, 0.25) is 0 Å². The minimum atomic E-state index is 0.115. The van der Waals surface area contributed by atoms with E-state index in [1.165, 1.54) is 17.7 Å². The van der Waals surface area contributed by atoms with Gasteiger partial charge < -0.3 is 10.3 Å². The summed E-state index contributed by atoms with van der Waals surface area (Å²) < 4.78 is 1.98. The van der Waals surface area contributed by atoms with Gasteiger partial charge in [-0.3, -0.25) is 9.69 Å². The van der Waals surface area contributed by atoms with E-state index in [0.29, 0.717) is 12.5 Å². The molecule has 0 fully saturated rings. The molecule has 4 heteroatoms. The Morgan fingerprint density at radius 2 is 2.15 bits per heavy atom. The molecule has 0 unspecified atom stereocenters. The molecule has 0 bridgehead atoms. The smallest absolute Gasteiger partial charge is 0.255 e. The third-order valence-corrected chi connectivity index (χ3v) is 3.93. The molecular formula is C16H27N3O. The summed E-state index contributed by atoms with van der Waals surface area (Å²) >= 11 is 0. The summed E-state index contributed by atoms with van der Waals surface area (Å²) in [5.41, 5.74) is 9.14. The van der Waals surface area contributed by atoms with Crippen LogP contribution in [0.15, 0.2) is 10.9 Å². The normalized spacial score (nSPS) is 15.7. The molecule has 0 aliphatic carbocycles. The SMILES string of the molecule is CCCN1CCc2c(cc(CN)c(=O)n2CC(C)C)C1. The zero-order valence-electron chi connectivity index (χ0n) is 13.0. The molecule has 0 radical (unpaired) electrons. The van der Waals surface area contributed by atoms with Gasteiger partial charge in [0.1, 0.15) is 0 Å². The average Bonchev–Trinajstić information content (AvgIpc) is 2.41. The molecule has 1 aliphatic heterocycles. The van der Waals surface area contributed by atoms with E-state index in [2.05, 4.69) is 25.7 Å². The Balaban J connectivity index is 2.42. The van der Waals surface area contributed by atoms with Crippen molar-refractivity contribution in [2.45, 2.75) is 53.2 Å². The fraction of sp³-hybridized carbons (Fsp3) is 0.688. The number of hydrogen-bond donors (Lipinski definition) is 1. The Kier molecular flexibility index (Phi) is 5.00. The average molecular weight is 277 g/mol. The van der Waals surface area contributed by atoms with Gasteiger partial charge in [0.05, 0.1) is 0 Å². The first-order valence-corrected chi connectivity index (χ1v) is 7.73. The second kappa shape index (κ2) is 6.55. The third kappa shape index (κ3) is 3.13. The standard InChI is InChI=1S/C16H27N3O/c1-4-6-18-7-5-15-14(11-18)8-13(9-17)16(20)19(15)10-12(2)3/h8,12H,4-7,9-11,17H2,1-3H3. The van der Waals surface area contributed by atoms with Crippen molar-refractivity contribution in [1.82, 2.24) is 9.47 Å². The first-order valence-electron chi connectivity index (χ1n) is 7.73. The van der Waals surface area contributed by atoms with Gasteiger partial charge in [0.25, 0.3) is 5.56 Å². The Labute approximate surface area is 121 Å². The molecule has 0 saturated heterocycles. The quantitative estimate of drug-likeness (QED) is 0.892. The first kappa shape index (κ1) is 15.3. The zero-order chi connectivity index (χ0) is 14.7. The van der Waals surface area contributed by atoms with Gasteiger partial charge >= 0.3 is 0 Å². The lowest BCUT2D eigenvalue weighted by atomic mass is 10.0. The monoisotopic (exact) mass is 277 g/mol. The molecule has 0 aromatic carbocycles. The van der Waals surface area contributed by atoms with Crippen LogP contribution < -0.4 is 11.3 Å². The van der Waals surface area contributed by atoms with Gasteiger partial charge in [0.15, 0.2) is 0 Å². The molecule has 2 N–H and O–H groups in total. The topological polar surface area (TPSA) is 51.3 Å². The van der Waals surface area contributed by atoms with Crippen molar-refractivity contribution in [1.29, 1.82) is 0 Å². The van der Waals surface area contributed by atoms with Crippen LogP contribution in [-0.2, 0) is 26.1 Å². The maximum Gasteiger partial charge on any atom is 0.255 e. The van der Waals surface area contributed by atoms with Crippen molar-refractivity contribution in [3.05, 3.63) is 33.2 Å². The highest BCUT2D eigenvalue weighted by molar-refractivity contribution is 5.29. The highest BCUT2D eigenvalue weighted by Crippen LogP contribution is 2.19. The van der Waals surface area contributed by atoms with Crippen LogP contribution >= 0.6 is 0 Å². The van der Waals surface area contributed by atoms with Crippen molar-refractivity contribution in [3.63, 3.8) is 0 Å². The molecule has 1 aromatic rings. The van der Waals surface area contributed by atoms with Crippen molar-refractivity contribution in [2.24, 2.45) is 11.7 Å². The molecule has 112 valence electrons. The number of pyridine rings is 1. The first-order chi connectivity index (χ1) is 9.56. The number of nitrogens with two attached hydrogens (primary N) is 1. The number of fused-ring (bicyclic) bond motifs is 1. The van der Waals surface area contributed by atoms with E-state index in [1.54, 1.807) is 0 Å². The molecule has 0 atom stereocenters. The summed E-state index contributed by atoms with van der Waals surface area (Å²) in [5.74, 6) is 0.471. The molecule has 2 rings (SSSR count). The largest absolute Gasteiger partial charge is 0.326 e. The van der Waals surface area contributed by atoms with E-state index < -0.39 is 0 Å². The third-order valence-electron chi connectivity index (χ3n) is 3.93. The zero-order valence-corrected chi connectivity index (χ0v) is 13.0. The van der Waals surface area contributed by atoms with Crippen LogP contribution in [0, 0.1) is 5.92 Å². The van der Waals surface area contributed by atoms with Crippen LogP contribution in [0.4, 0.5) is 0 Å². The van der Waals surface area contributed by atoms with Gasteiger partial charge in [-0.2, -0.15) is 0 Å². The fourth-order valence-corrected chi connectivity index (χ4v) is 3.05. The number of aromatic nitrogens is 1. The molecule has 4 nitrogen and oxygen atoms in total. The summed E-state index contributed by atoms with van der Waals surface area (Å²) in [7, 11) is 0. The second-order valence-corrected chi connectivity index (χ2v) is 6.18. The van der Waals surface area contributed by atoms with Gasteiger partial charge in [-0.25, -0.2) is 0 Å². The summed E-state index contributed by atoms with van der Waals surface area (Å²) in [4.78, 5) is 14.9. The Bertz CT molecular complexity index is 519. The van der Waals surface area contributed by atoms with Crippen LogP contribution in [-0.4, -0.2) is 22.6 Å². The Morgan fingerprint density at radius 1 is 1.40 bits per heavy atom. The van der Waals surface area contributed by atoms with E-state index in [1.807, 2.05) is 10.6 Å². The number of rotatable bonds is 5. The number of hydrogen-bond acceptors (Lipinski definition) is 3. The van der Waals surface area contributed by atoms with E-state index in [4.69, 9.17) is 5.73 Å². The lowest BCUT2D eigenvalue weighted by molar-refractivity contribution is 0.247. The molecule has 0 amide bonds. The highest BCUT2D eigenvalue weighted by Gasteiger charge is 2.21. The van der Waals surface area contributed by atoms with Crippen LogP contribution in [0.25, 0.3) is 0 Å². The summed E-state index contributed by atoms with van der Waals surface area (Å²) in [6.45, 7) is 10.8. The minimum Gasteiger partial charge on any atom is -0.326 e. The molecule has 1 aliphatic rings. The van der Waals surface area contributed by atoms with Crippen molar-refractivity contribution in [2.75, 3.05) is 13.1 Å². The Hall–Kier alpha value is -1.13. The van der Waals surface area contributed by atoms with Gasteiger partial charge in [-0.1, -0.05) is 20.8 Å². The lowest BCUT2D eigenvalue weighted by Crippen LogP contribution is -2.38. The molecule has 20 heavy (non-hydrogen) atoms. The van der Waals surface area contributed by atoms with E-state index in [-0.39, 0.29) is 5.56 Å². The molecule has 2 heterocycles. The van der Waals surface area contributed by atoms with E-state index in [0.717, 1.165) is 38.2 Å². The van der Waals surface area contributed by atoms with Crippen LogP contribution in [0.5, 0.6) is 0 Å². The summed E-state index contributed by atoms with van der Waals surface area (Å²) in [6.07, 6.45) is 2.15. The summed E-state index contributed by atoms with van der Waals surface area (Å²) in [6, 6.07) is 2.04. The van der Waals surface area contributed by atoms with Crippen LogP contribution in [0.3, 0.4) is 0 Å². The maximum atomic E-state index is 12.5. The lowest BCUT2D eigenvalue weighted by Gasteiger charge is -2.31. The molecule has 0 spiro atoms. The predicted octanol–water partition coefficient (Wildman–Crippen LogP) is 1.73. The molecular weight excluding hydrogens is 250 g/mol. The minimum absolute atomic E-state index is 0.115. The highest BCUT2D eigenvalue weighted by atomic mass is 16.1. The maximum absolute atomic E-state index is 12.5. The van der Waals surface area contributed by atoms with Crippen molar-refractivity contribution in [3.8, 4) is 0 Å². The van der Waals surface area contributed by atoms with Gasteiger partial charge in [-0.05, 0) is 30.5 Å². The van der Waals surface area contributed by atoms with Gasteiger partial charge in [0, 0.05) is 43.9 Å². The number of nitrogens with zero attached hydrogens (tertiary/aromatic N) is 2. The molecule has 1 aromatic heterocycles.